The third kappa shape index (κ3) is 3.30. The topological polar surface area (TPSA) is 32.3 Å². The van der Waals surface area contributed by atoms with Crippen LogP contribution in [-0.2, 0) is 0 Å². The summed E-state index contributed by atoms with van der Waals surface area (Å²) in [5.74, 6) is -0.740. The first-order valence-electron chi connectivity index (χ1n) is 6.04. The first-order chi connectivity index (χ1) is 9.47. The van der Waals surface area contributed by atoms with E-state index in [1.54, 1.807) is 6.07 Å². The molecule has 1 N–H and O–H groups in total. The van der Waals surface area contributed by atoms with Crippen LogP contribution in [0.5, 0.6) is 0 Å². The molecule has 0 fully saturated rings. The van der Waals surface area contributed by atoms with E-state index in [1.807, 2.05) is 37.2 Å². The van der Waals surface area contributed by atoms with Gasteiger partial charge in [0.15, 0.2) is 0 Å². The Kier molecular flexibility index (Phi) is 4.29. The van der Waals surface area contributed by atoms with E-state index in [0.29, 0.717) is 11.3 Å². The fraction of sp³-hybridized carbons (Fsp3) is 0.133. The highest BCUT2D eigenvalue weighted by Gasteiger charge is 2.09. The molecule has 2 aromatic rings. The van der Waals surface area contributed by atoms with E-state index in [9.17, 15) is 9.18 Å². The molecular formula is C15H15FN2OS. The number of hydrogen-bond acceptors (Lipinski definition) is 3. The van der Waals surface area contributed by atoms with E-state index in [-0.39, 0.29) is 10.8 Å². The predicted octanol–water partition coefficient (Wildman–Crippen LogP) is 3.43. The van der Waals surface area contributed by atoms with Crippen LogP contribution in [0.2, 0.25) is 0 Å². The SMILES string of the molecule is CN(C)c1cccc(NC(=O)c2ccc(F)c(S)c2)c1. The fourth-order valence-electron chi connectivity index (χ4n) is 1.72. The van der Waals surface area contributed by atoms with Gasteiger partial charge in [0.05, 0.1) is 0 Å². The van der Waals surface area contributed by atoms with E-state index >= 15 is 0 Å². The molecule has 3 nitrogen and oxygen atoms in total. The molecule has 2 aromatic carbocycles. The number of carbonyl (C=O) groups excluding carboxylic acids is 1. The lowest BCUT2D eigenvalue weighted by atomic mass is 10.2. The molecular weight excluding hydrogens is 275 g/mol. The smallest absolute Gasteiger partial charge is 0.255 e. The molecule has 0 aromatic heterocycles. The van der Waals surface area contributed by atoms with Gasteiger partial charge in [0, 0.05) is 35.9 Å². The number of carbonyl (C=O) groups is 1. The second-order valence-corrected chi connectivity index (χ2v) is 5.05. The molecule has 0 heterocycles. The Balaban J connectivity index is 2.19. The van der Waals surface area contributed by atoms with Crippen LogP contribution in [0.4, 0.5) is 15.8 Å². The Bertz CT molecular complexity index is 644. The van der Waals surface area contributed by atoms with Gasteiger partial charge >= 0.3 is 0 Å². The summed E-state index contributed by atoms with van der Waals surface area (Å²) in [5, 5.41) is 2.78. The average Bonchev–Trinajstić information content (AvgIpc) is 2.42. The number of rotatable bonds is 3. The number of thiol groups is 1. The van der Waals surface area contributed by atoms with Crippen molar-refractivity contribution in [1.82, 2.24) is 0 Å². The van der Waals surface area contributed by atoms with Gasteiger partial charge in [0.25, 0.3) is 5.91 Å². The lowest BCUT2D eigenvalue weighted by Crippen LogP contribution is -2.13. The molecule has 0 aliphatic rings. The third-order valence-corrected chi connectivity index (χ3v) is 3.17. The van der Waals surface area contributed by atoms with Gasteiger partial charge in [-0.2, -0.15) is 0 Å². The van der Waals surface area contributed by atoms with Gasteiger partial charge in [0.1, 0.15) is 5.82 Å². The van der Waals surface area contributed by atoms with Crippen molar-refractivity contribution < 1.29 is 9.18 Å². The highest BCUT2D eigenvalue weighted by molar-refractivity contribution is 7.80. The number of halogens is 1. The number of hydrogen-bond donors (Lipinski definition) is 2. The van der Waals surface area contributed by atoms with Crippen LogP contribution in [0, 0.1) is 5.82 Å². The Hall–Kier alpha value is -2.01. The summed E-state index contributed by atoms with van der Waals surface area (Å²) in [6.45, 7) is 0. The molecule has 0 aliphatic carbocycles. The normalized spacial score (nSPS) is 10.2. The van der Waals surface area contributed by atoms with Gasteiger partial charge in [-0.1, -0.05) is 6.07 Å². The number of anilines is 2. The molecule has 0 aliphatic heterocycles. The first-order valence-corrected chi connectivity index (χ1v) is 6.49. The van der Waals surface area contributed by atoms with Crippen LogP contribution in [0.15, 0.2) is 47.4 Å². The second kappa shape index (κ2) is 5.96. The van der Waals surface area contributed by atoms with Gasteiger partial charge in [-0.15, -0.1) is 12.6 Å². The molecule has 0 atom stereocenters. The zero-order valence-corrected chi connectivity index (χ0v) is 12.1. The Morgan fingerprint density at radius 3 is 2.60 bits per heavy atom. The maximum atomic E-state index is 13.1. The summed E-state index contributed by atoms with van der Waals surface area (Å²) in [7, 11) is 3.85. The summed E-state index contributed by atoms with van der Waals surface area (Å²) in [4.78, 5) is 14.2. The van der Waals surface area contributed by atoms with Crippen molar-refractivity contribution in [1.29, 1.82) is 0 Å². The molecule has 1 amide bonds. The Morgan fingerprint density at radius 2 is 1.95 bits per heavy atom. The zero-order chi connectivity index (χ0) is 14.7. The van der Waals surface area contributed by atoms with Crippen molar-refractivity contribution in [2.24, 2.45) is 0 Å². The lowest BCUT2D eigenvalue weighted by Gasteiger charge is -2.14. The van der Waals surface area contributed by atoms with E-state index in [1.165, 1.54) is 18.2 Å². The minimum atomic E-state index is -0.445. The minimum absolute atomic E-state index is 0.152. The molecule has 0 saturated heterocycles. The minimum Gasteiger partial charge on any atom is -0.378 e. The van der Waals surface area contributed by atoms with E-state index < -0.39 is 5.82 Å². The van der Waals surface area contributed by atoms with Crippen LogP contribution in [0.25, 0.3) is 0 Å². The molecule has 0 radical (unpaired) electrons. The van der Waals surface area contributed by atoms with Crippen LogP contribution in [0.3, 0.4) is 0 Å². The molecule has 20 heavy (non-hydrogen) atoms. The van der Waals surface area contributed by atoms with E-state index in [2.05, 4.69) is 17.9 Å². The molecule has 104 valence electrons. The summed E-state index contributed by atoms with van der Waals surface area (Å²) in [6, 6.07) is 11.5. The van der Waals surface area contributed by atoms with Crippen LogP contribution in [0.1, 0.15) is 10.4 Å². The fourth-order valence-corrected chi connectivity index (χ4v) is 1.93. The van der Waals surface area contributed by atoms with Gasteiger partial charge < -0.3 is 10.2 Å². The van der Waals surface area contributed by atoms with Gasteiger partial charge in [-0.3, -0.25) is 4.79 Å². The maximum Gasteiger partial charge on any atom is 0.255 e. The van der Waals surface area contributed by atoms with Crippen molar-refractivity contribution >= 4 is 29.9 Å². The summed E-state index contributed by atoms with van der Waals surface area (Å²) in [6.07, 6.45) is 0. The van der Waals surface area contributed by atoms with Crippen LogP contribution < -0.4 is 10.2 Å². The average molecular weight is 290 g/mol. The summed E-state index contributed by atoms with van der Waals surface area (Å²) < 4.78 is 13.1. The highest BCUT2D eigenvalue weighted by Crippen LogP contribution is 2.19. The van der Waals surface area contributed by atoms with Crippen LogP contribution >= 0.6 is 12.6 Å². The molecule has 5 heteroatoms. The van der Waals surface area contributed by atoms with Gasteiger partial charge in [-0.25, -0.2) is 4.39 Å². The monoisotopic (exact) mass is 290 g/mol. The standard InChI is InChI=1S/C15H15FN2OS/c1-18(2)12-5-3-4-11(9-12)17-15(19)10-6-7-13(16)14(20)8-10/h3-9,20H,1-2H3,(H,17,19). The van der Waals surface area contributed by atoms with Crippen LogP contribution in [-0.4, -0.2) is 20.0 Å². The van der Waals surface area contributed by atoms with Crippen molar-refractivity contribution in [2.75, 3.05) is 24.3 Å². The number of nitrogens with one attached hydrogen (secondary N) is 1. The van der Waals surface area contributed by atoms with Crippen molar-refractivity contribution in [3.8, 4) is 0 Å². The van der Waals surface area contributed by atoms with Crippen molar-refractivity contribution in [3.05, 3.63) is 53.8 Å². The molecule has 2 rings (SSSR count). The molecule has 0 spiro atoms. The van der Waals surface area contributed by atoms with E-state index in [4.69, 9.17) is 0 Å². The van der Waals surface area contributed by atoms with E-state index in [0.717, 1.165) is 5.69 Å². The Labute approximate surface area is 122 Å². The second-order valence-electron chi connectivity index (χ2n) is 4.57. The first kappa shape index (κ1) is 14.4. The largest absolute Gasteiger partial charge is 0.378 e. The number of nitrogens with zero attached hydrogens (tertiary/aromatic N) is 1. The molecule has 0 unspecified atom stereocenters. The highest BCUT2D eigenvalue weighted by atomic mass is 32.1. The van der Waals surface area contributed by atoms with Gasteiger partial charge in [-0.05, 0) is 36.4 Å². The maximum absolute atomic E-state index is 13.1. The lowest BCUT2D eigenvalue weighted by molar-refractivity contribution is 0.102. The van der Waals surface area contributed by atoms with Gasteiger partial charge in [0.2, 0.25) is 0 Å². The summed E-state index contributed by atoms with van der Waals surface area (Å²) in [5.41, 5.74) is 2.04. The quantitative estimate of drug-likeness (QED) is 0.849. The number of amides is 1. The molecule has 0 bridgehead atoms. The Morgan fingerprint density at radius 1 is 1.20 bits per heavy atom. The zero-order valence-electron chi connectivity index (χ0n) is 11.2. The van der Waals surface area contributed by atoms with Crippen molar-refractivity contribution in [2.45, 2.75) is 4.90 Å². The van der Waals surface area contributed by atoms with Crippen molar-refractivity contribution in [3.63, 3.8) is 0 Å². The number of benzene rings is 2. The third-order valence-electron chi connectivity index (χ3n) is 2.83. The molecule has 0 saturated carbocycles. The predicted molar refractivity (Wildman–Crippen MR) is 82.4 cm³/mol. The summed E-state index contributed by atoms with van der Waals surface area (Å²) >= 11 is 3.97.